The van der Waals surface area contributed by atoms with Crippen molar-refractivity contribution in [2.75, 3.05) is 0 Å². The predicted molar refractivity (Wildman–Crippen MR) is 108 cm³/mol. The quantitative estimate of drug-likeness (QED) is 0.332. The van der Waals surface area contributed by atoms with Gasteiger partial charge >= 0.3 is 0 Å². The van der Waals surface area contributed by atoms with Gasteiger partial charge in [0.1, 0.15) is 0 Å². The molecule has 0 aliphatic carbocycles. The molecule has 4 rings (SSSR count). The molecule has 0 bridgehead atoms. The normalized spacial score (nSPS) is 11.0. The average molecular weight is 394 g/mol. The zero-order chi connectivity index (χ0) is 16.7. The molecule has 3 heteroatoms. The molecule has 2 aromatic carbocycles. The van der Waals surface area contributed by atoms with Crippen molar-refractivity contribution in [1.82, 2.24) is 4.57 Å². The van der Waals surface area contributed by atoms with Crippen LogP contribution in [0.5, 0.6) is 0 Å². The summed E-state index contributed by atoms with van der Waals surface area (Å²) < 4.78 is 3.50. The molecule has 2 aromatic heterocycles. The first-order valence-corrected chi connectivity index (χ1v) is 9.57. The van der Waals surface area contributed by atoms with E-state index in [4.69, 9.17) is 0 Å². The van der Waals surface area contributed by atoms with Crippen LogP contribution in [0, 0.1) is 18.8 Å². The van der Waals surface area contributed by atoms with Gasteiger partial charge in [0, 0.05) is 43.3 Å². The summed E-state index contributed by atoms with van der Waals surface area (Å²) in [5, 5.41) is 2.58. The summed E-state index contributed by atoms with van der Waals surface area (Å²) in [4.78, 5) is 2.36. The van der Waals surface area contributed by atoms with E-state index in [2.05, 4.69) is 94.7 Å². The van der Waals surface area contributed by atoms with Crippen molar-refractivity contribution < 1.29 is 0 Å². The zero-order valence-corrected chi connectivity index (χ0v) is 16.0. The first-order valence-electron chi connectivity index (χ1n) is 7.96. The molecule has 0 aliphatic rings. The molecule has 0 amide bonds. The molecule has 0 radical (unpaired) electrons. The van der Waals surface area contributed by atoms with E-state index in [1.54, 1.807) is 11.3 Å². The van der Waals surface area contributed by atoms with Gasteiger partial charge in [-0.3, -0.25) is 0 Å². The fourth-order valence-corrected chi connectivity index (χ4v) is 4.52. The summed E-state index contributed by atoms with van der Waals surface area (Å²) in [6, 6.07) is 17.2. The lowest BCUT2D eigenvalue weighted by molar-refractivity contribution is 0.827. The van der Waals surface area contributed by atoms with Crippen LogP contribution in [-0.4, -0.2) is 4.57 Å². The number of rotatable bonds is 1. The molecule has 0 aliphatic heterocycles. The Labute approximate surface area is 154 Å². The number of nitrogens with zero attached hydrogens (tertiary/aromatic N) is 1. The number of thiophene rings is 1. The lowest BCUT2D eigenvalue weighted by atomic mass is 10.1. The molecule has 4 aromatic rings. The Morgan fingerprint density at radius 2 is 1.79 bits per heavy atom. The van der Waals surface area contributed by atoms with Gasteiger partial charge in [-0.1, -0.05) is 30.0 Å². The van der Waals surface area contributed by atoms with E-state index in [9.17, 15) is 0 Å². The van der Waals surface area contributed by atoms with Gasteiger partial charge in [0.2, 0.25) is 0 Å². The Morgan fingerprint density at radius 3 is 2.54 bits per heavy atom. The van der Waals surface area contributed by atoms with Crippen molar-refractivity contribution >= 4 is 49.1 Å². The van der Waals surface area contributed by atoms with Gasteiger partial charge in [-0.25, -0.2) is 0 Å². The van der Waals surface area contributed by atoms with Crippen molar-refractivity contribution in [3.05, 3.63) is 68.3 Å². The summed E-state index contributed by atoms with van der Waals surface area (Å²) in [7, 11) is 0. The van der Waals surface area contributed by atoms with E-state index in [0.717, 1.165) is 21.5 Å². The highest BCUT2D eigenvalue weighted by molar-refractivity contribution is 9.10. The number of aromatic nitrogens is 1. The third kappa shape index (κ3) is 2.56. The van der Waals surface area contributed by atoms with Crippen LogP contribution >= 0.6 is 27.3 Å². The summed E-state index contributed by atoms with van der Waals surface area (Å²) >= 11 is 5.28. The Kier molecular flexibility index (Phi) is 3.96. The molecule has 0 unspecified atom stereocenters. The minimum absolute atomic E-state index is 0.970. The summed E-state index contributed by atoms with van der Waals surface area (Å²) in [5.74, 6) is 6.60. The van der Waals surface area contributed by atoms with E-state index in [1.807, 2.05) is 0 Å². The number of hydrogen-bond donors (Lipinski definition) is 0. The number of para-hydroxylation sites is 1. The Hall–Kier alpha value is -2.02. The molecule has 0 atom stereocenters. The first-order chi connectivity index (χ1) is 11.7. The molecule has 2 heterocycles. The molecule has 0 N–H and O–H groups in total. The first kappa shape index (κ1) is 15.5. The topological polar surface area (TPSA) is 4.93 Å². The number of aryl methyl sites for hydroxylation is 2. The number of halogens is 1. The van der Waals surface area contributed by atoms with Crippen LogP contribution in [0.4, 0.5) is 0 Å². The van der Waals surface area contributed by atoms with Gasteiger partial charge in [-0.2, -0.15) is 0 Å². The second kappa shape index (κ2) is 6.12. The smallest absolute Gasteiger partial charge is 0.0786 e. The molecule has 1 nitrogen and oxygen atoms in total. The molecule has 0 saturated heterocycles. The lowest BCUT2D eigenvalue weighted by Crippen LogP contribution is -1.92. The highest BCUT2D eigenvalue weighted by atomic mass is 79.9. The van der Waals surface area contributed by atoms with Crippen molar-refractivity contribution in [2.45, 2.75) is 20.4 Å². The van der Waals surface area contributed by atoms with E-state index in [-0.39, 0.29) is 0 Å². The van der Waals surface area contributed by atoms with E-state index in [0.29, 0.717) is 0 Å². The maximum Gasteiger partial charge on any atom is 0.0786 e. The molecular formula is C21H16BrNS. The fourth-order valence-electron chi connectivity index (χ4n) is 3.13. The average Bonchev–Trinajstić information content (AvgIpc) is 3.09. The molecule has 0 saturated carbocycles. The van der Waals surface area contributed by atoms with Crippen molar-refractivity contribution in [3.63, 3.8) is 0 Å². The van der Waals surface area contributed by atoms with Gasteiger partial charge in [0.25, 0.3) is 0 Å². The largest absolute Gasteiger partial charge is 0.341 e. The summed E-state index contributed by atoms with van der Waals surface area (Å²) in [5.41, 5.74) is 3.63. The second-order valence-corrected chi connectivity index (χ2v) is 7.87. The zero-order valence-electron chi connectivity index (χ0n) is 13.6. The van der Waals surface area contributed by atoms with Gasteiger partial charge in [-0.05, 0) is 60.1 Å². The van der Waals surface area contributed by atoms with Crippen LogP contribution in [0.2, 0.25) is 0 Å². The van der Waals surface area contributed by atoms with Crippen molar-refractivity contribution in [1.29, 1.82) is 0 Å². The standard InChI is InChI=1S/C21H16BrNS/c1-3-23-20-7-5-4-6-17(20)18-12-15(9-11-21(18)23)8-10-16-13-19(22)14(2)24-16/h4-7,9,11-13H,3H2,1-2H3. The summed E-state index contributed by atoms with van der Waals surface area (Å²) in [6.07, 6.45) is 0. The minimum Gasteiger partial charge on any atom is -0.341 e. The maximum atomic E-state index is 3.55. The molecular weight excluding hydrogens is 378 g/mol. The highest BCUT2D eigenvalue weighted by Crippen LogP contribution is 2.30. The van der Waals surface area contributed by atoms with Crippen molar-refractivity contribution in [3.8, 4) is 11.8 Å². The number of benzene rings is 2. The number of fused-ring (bicyclic) bond motifs is 3. The van der Waals surface area contributed by atoms with Crippen LogP contribution in [0.25, 0.3) is 21.8 Å². The Morgan fingerprint density at radius 1 is 1.00 bits per heavy atom. The van der Waals surface area contributed by atoms with Gasteiger partial charge in [-0.15, -0.1) is 11.3 Å². The van der Waals surface area contributed by atoms with E-state index in [1.165, 1.54) is 26.7 Å². The molecule has 24 heavy (non-hydrogen) atoms. The Balaban J connectivity index is 1.86. The molecule has 118 valence electrons. The third-order valence-electron chi connectivity index (χ3n) is 4.28. The van der Waals surface area contributed by atoms with Crippen LogP contribution in [0.3, 0.4) is 0 Å². The van der Waals surface area contributed by atoms with E-state index >= 15 is 0 Å². The fraction of sp³-hybridized carbons (Fsp3) is 0.143. The highest BCUT2D eigenvalue weighted by Gasteiger charge is 2.09. The van der Waals surface area contributed by atoms with Gasteiger partial charge in [0.15, 0.2) is 0 Å². The molecule has 0 spiro atoms. The van der Waals surface area contributed by atoms with Crippen molar-refractivity contribution in [2.24, 2.45) is 0 Å². The lowest BCUT2D eigenvalue weighted by Gasteiger charge is -2.02. The summed E-state index contributed by atoms with van der Waals surface area (Å²) in [6.45, 7) is 5.26. The van der Waals surface area contributed by atoms with Crippen LogP contribution in [0.15, 0.2) is 53.0 Å². The van der Waals surface area contributed by atoms with Crippen LogP contribution < -0.4 is 0 Å². The van der Waals surface area contributed by atoms with E-state index < -0.39 is 0 Å². The number of hydrogen-bond acceptors (Lipinski definition) is 1. The SMILES string of the molecule is CCn1c2ccccc2c2cc(C#Cc3cc(Br)c(C)s3)ccc21. The van der Waals surface area contributed by atoms with Crippen LogP contribution in [0.1, 0.15) is 22.2 Å². The predicted octanol–water partition coefficient (Wildman–Crippen LogP) is 6.35. The Bertz CT molecular complexity index is 1100. The second-order valence-electron chi connectivity index (χ2n) is 5.76. The minimum atomic E-state index is 0.970. The third-order valence-corrected chi connectivity index (χ3v) is 6.33. The van der Waals surface area contributed by atoms with Gasteiger partial charge < -0.3 is 4.57 Å². The maximum absolute atomic E-state index is 3.55. The molecule has 0 fully saturated rings. The van der Waals surface area contributed by atoms with Gasteiger partial charge in [0.05, 0.1) is 4.88 Å². The van der Waals surface area contributed by atoms with Crippen LogP contribution in [-0.2, 0) is 6.54 Å². The monoisotopic (exact) mass is 393 g/mol.